The molecule has 0 spiro atoms. The van der Waals surface area contributed by atoms with Crippen molar-refractivity contribution in [2.75, 3.05) is 26.4 Å². The number of ether oxygens (including phenoxy) is 10. The molecule has 0 saturated carbocycles. The summed E-state index contributed by atoms with van der Waals surface area (Å²) in [6.07, 6.45) is 14.1. The minimum absolute atomic E-state index is 0.0502. The Morgan fingerprint density at radius 2 is 0.672 bits per heavy atom. The second kappa shape index (κ2) is 29.6. The SMILES string of the molecule is CC(=O)O[C@@H]1[C@@H](OC(C)=O)[C@H](OCCCCCCCCC/C=C\CCCCCCCCCO[C@@H]2OC[C@@H](OC(C)=O)[C@H](OC(C)=O)[C@H]2OC(C)=O)OC[C@H]1OC(C)=O. The lowest BCUT2D eigenvalue weighted by Gasteiger charge is -2.40. The highest BCUT2D eigenvalue weighted by atomic mass is 16.7. The molecule has 2 aliphatic rings. The van der Waals surface area contributed by atoms with Crippen molar-refractivity contribution >= 4 is 35.8 Å². The second-order valence-electron chi connectivity index (χ2n) is 14.7. The normalized spacial score (nSPS) is 24.4. The molecule has 2 aliphatic heterocycles. The first-order valence-corrected chi connectivity index (χ1v) is 20.9. The molecular formula is C42H68O16. The van der Waals surface area contributed by atoms with Crippen molar-refractivity contribution in [3.05, 3.63) is 12.2 Å². The summed E-state index contributed by atoms with van der Waals surface area (Å²) < 4.78 is 55.0. The van der Waals surface area contributed by atoms with Gasteiger partial charge in [0.1, 0.15) is 0 Å². The van der Waals surface area contributed by atoms with Crippen LogP contribution in [0.15, 0.2) is 12.2 Å². The third-order valence-electron chi connectivity index (χ3n) is 9.37. The van der Waals surface area contributed by atoms with E-state index in [9.17, 15) is 28.8 Å². The fraction of sp³-hybridized carbons (Fsp3) is 0.810. The lowest BCUT2D eigenvalue weighted by molar-refractivity contribution is -0.281. The molecule has 0 aromatic carbocycles. The van der Waals surface area contributed by atoms with Crippen molar-refractivity contribution < 1.29 is 76.1 Å². The minimum Gasteiger partial charge on any atom is -0.456 e. The maximum absolute atomic E-state index is 11.8. The van der Waals surface area contributed by atoms with Crippen LogP contribution in [-0.4, -0.2) is 111 Å². The molecule has 0 radical (unpaired) electrons. The van der Waals surface area contributed by atoms with Crippen LogP contribution in [-0.2, 0) is 76.1 Å². The van der Waals surface area contributed by atoms with E-state index in [1.54, 1.807) is 0 Å². The maximum atomic E-state index is 11.8. The highest BCUT2D eigenvalue weighted by Gasteiger charge is 2.48. The van der Waals surface area contributed by atoms with Gasteiger partial charge in [0.25, 0.3) is 0 Å². The van der Waals surface area contributed by atoms with Crippen LogP contribution >= 0.6 is 0 Å². The van der Waals surface area contributed by atoms with Gasteiger partial charge in [-0.25, -0.2) is 0 Å². The van der Waals surface area contributed by atoms with Crippen molar-refractivity contribution in [2.45, 2.75) is 193 Å². The summed E-state index contributed by atoms with van der Waals surface area (Å²) in [5.41, 5.74) is 0. The highest BCUT2D eigenvalue weighted by Crippen LogP contribution is 2.27. The number of allylic oxidation sites excluding steroid dienone is 2. The Morgan fingerprint density at radius 1 is 0.397 bits per heavy atom. The zero-order valence-corrected chi connectivity index (χ0v) is 35.4. The van der Waals surface area contributed by atoms with E-state index in [0.29, 0.717) is 13.2 Å². The van der Waals surface area contributed by atoms with Crippen molar-refractivity contribution in [2.24, 2.45) is 0 Å². The average Bonchev–Trinajstić information content (AvgIpc) is 3.13. The Labute approximate surface area is 343 Å². The zero-order valence-electron chi connectivity index (χ0n) is 35.4. The molecule has 2 heterocycles. The maximum Gasteiger partial charge on any atom is 0.303 e. The largest absolute Gasteiger partial charge is 0.456 e. The third-order valence-corrected chi connectivity index (χ3v) is 9.37. The van der Waals surface area contributed by atoms with Crippen molar-refractivity contribution in [1.82, 2.24) is 0 Å². The number of rotatable bonds is 28. The van der Waals surface area contributed by atoms with Gasteiger partial charge in [0.2, 0.25) is 0 Å². The Hall–Kier alpha value is -3.60. The third kappa shape index (κ3) is 22.0. The summed E-state index contributed by atoms with van der Waals surface area (Å²) in [6, 6.07) is 0. The fourth-order valence-corrected chi connectivity index (χ4v) is 6.83. The summed E-state index contributed by atoms with van der Waals surface area (Å²) >= 11 is 0. The van der Waals surface area contributed by atoms with Gasteiger partial charge >= 0.3 is 35.8 Å². The molecule has 0 N–H and O–H groups in total. The summed E-state index contributed by atoms with van der Waals surface area (Å²) in [6.45, 7) is 8.09. The van der Waals surface area contributed by atoms with Gasteiger partial charge in [-0.15, -0.1) is 0 Å². The lowest BCUT2D eigenvalue weighted by atomic mass is 10.0. The van der Waals surface area contributed by atoms with Gasteiger partial charge in [0.05, 0.1) is 13.2 Å². The van der Waals surface area contributed by atoms with Crippen LogP contribution in [0, 0.1) is 0 Å². The van der Waals surface area contributed by atoms with Gasteiger partial charge in [-0.1, -0.05) is 76.4 Å². The molecule has 16 nitrogen and oxygen atoms in total. The predicted molar refractivity (Wildman–Crippen MR) is 208 cm³/mol. The standard InChI is InChI=1S/C42H68O16/c1-29(43)53-35-27-51-41(39(57-33(5)47)37(35)55-31(3)45)49-25-23-21-19-17-15-13-11-9-7-8-10-12-14-16-18-20-22-24-26-50-42-40(58-34(6)48)38(56-32(4)46)36(28-52-42)54-30(2)44/h7-8,35-42H,9-28H2,1-6H3/b8-7-/t35-,36-,37+,38+,39-,40-,41-,42-/m1/s1. The van der Waals surface area contributed by atoms with E-state index >= 15 is 0 Å². The van der Waals surface area contributed by atoms with Crippen molar-refractivity contribution in [3.63, 3.8) is 0 Å². The quantitative estimate of drug-likeness (QED) is 0.0378. The second-order valence-corrected chi connectivity index (χ2v) is 14.7. The Morgan fingerprint density at radius 3 is 0.983 bits per heavy atom. The van der Waals surface area contributed by atoms with E-state index in [2.05, 4.69) is 12.2 Å². The number of carbonyl (C=O) groups excluding carboxylic acids is 6. The predicted octanol–water partition coefficient (Wildman–Crippen LogP) is 6.12. The molecule has 0 amide bonds. The first-order chi connectivity index (χ1) is 27.8. The van der Waals surface area contributed by atoms with Crippen LogP contribution in [0.1, 0.15) is 144 Å². The van der Waals surface area contributed by atoms with Crippen LogP contribution in [0.25, 0.3) is 0 Å². The van der Waals surface area contributed by atoms with Crippen LogP contribution < -0.4 is 0 Å². The summed E-state index contributed by atoms with van der Waals surface area (Å²) in [4.78, 5) is 70.0. The lowest BCUT2D eigenvalue weighted by Crippen LogP contribution is -2.58. The molecule has 332 valence electrons. The molecule has 0 aromatic heterocycles. The first-order valence-electron chi connectivity index (χ1n) is 20.9. The molecule has 0 unspecified atom stereocenters. The zero-order chi connectivity index (χ0) is 42.7. The fourth-order valence-electron chi connectivity index (χ4n) is 6.83. The van der Waals surface area contributed by atoms with Gasteiger partial charge in [0, 0.05) is 54.8 Å². The molecule has 58 heavy (non-hydrogen) atoms. The van der Waals surface area contributed by atoms with Crippen LogP contribution in [0.5, 0.6) is 0 Å². The van der Waals surface area contributed by atoms with E-state index in [0.717, 1.165) is 64.2 Å². The molecular weight excluding hydrogens is 760 g/mol. The Bertz CT molecular complexity index is 1180. The molecule has 0 aliphatic carbocycles. The van der Waals surface area contributed by atoms with Gasteiger partial charge in [-0.05, 0) is 38.5 Å². The number of unbranched alkanes of at least 4 members (excludes halogenated alkanes) is 14. The minimum atomic E-state index is -1.06. The van der Waals surface area contributed by atoms with Crippen molar-refractivity contribution in [3.8, 4) is 0 Å². The Balaban J connectivity index is 1.47. The van der Waals surface area contributed by atoms with Gasteiger partial charge in [-0.2, -0.15) is 0 Å². The number of hydrogen-bond donors (Lipinski definition) is 0. The van der Waals surface area contributed by atoms with E-state index in [-0.39, 0.29) is 13.2 Å². The van der Waals surface area contributed by atoms with E-state index in [1.165, 1.54) is 80.1 Å². The van der Waals surface area contributed by atoms with E-state index < -0.39 is 85.0 Å². The monoisotopic (exact) mass is 828 g/mol. The molecule has 2 rings (SSSR count). The van der Waals surface area contributed by atoms with E-state index in [4.69, 9.17) is 47.4 Å². The van der Waals surface area contributed by atoms with Gasteiger partial charge < -0.3 is 47.4 Å². The molecule has 2 saturated heterocycles. The van der Waals surface area contributed by atoms with E-state index in [1.807, 2.05) is 0 Å². The van der Waals surface area contributed by atoms with Crippen LogP contribution in [0.2, 0.25) is 0 Å². The van der Waals surface area contributed by atoms with Gasteiger partial charge in [-0.3, -0.25) is 28.8 Å². The van der Waals surface area contributed by atoms with Crippen molar-refractivity contribution in [1.29, 1.82) is 0 Å². The number of hydrogen-bond acceptors (Lipinski definition) is 16. The summed E-state index contributed by atoms with van der Waals surface area (Å²) in [5.74, 6) is -3.52. The van der Waals surface area contributed by atoms with Crippen LogP contribution in [0.3, 0.4) is 0 Å². The number of carbonyl (C=O) groups is 6. The molecule has 8 atom stereocenters. The topological polar surface area (TPSA) is 195 Å². The molecule has 0 bridgehead atoms. The average molecular weight is 829 g/mol. The Kier molecular flexibility index (Phi) is 25.8. The number of esters is 6. The summed E-state index contributed by atoms with van der Waals surface area (Å²) in [5, 5.41) is 0. The highest BCUT2D eigenvalue weighted by molar-refractivity contribution is 5.69. The first kappa shape index (κ1) is 50.5. The van der Waals surface area contributed by atoms with Crippen LogP contribution in [0.4, 0.5) is 0 Å². The molecule has 2 fully saturated rings. The summed E-state index contributed by atoms with van der Waals surface area (Å²) in [7, 11) is 0. The van der Waals surface area contributed by atoms with Gasteiger partial charge in [0.15, 0.2) is 49.2 Å². The smallest absolute Gasteiger partial charge is 0.303 e. The molecule has 16 heteroatoms. The molecule has 0 aromatic rings.